The Balaban J connectivity index is 2.29. The highest BCUT2D eigenvalue weighted by atomic mass is 16.5. The van der Waals surface area contributed by atoms with E-state index in [0.717, 1.165) is 12.8 Å². The predicted octanol–water partition coefficient (Wildman–Crippen LogP) is 3.65. The number of ether oxygens (including phenoxy) is 1. The van der Waals surface area contributed by atoms with Gasteiger partial charge in [0, 0.05) is 0 Å². The van der Waals surface area contributed by atoms with E-state index in [4.69, 9.17) is 9.15 Å². The van der Waals surface area contributed by atoms with Crippen molar-refractivity contribution in [3.63, 3.8) is 0 Å². The van der Waals surface area contributed by atoms with E-state index in [1.54, 1.807) is 12.1 Å². The Morgan fingerprint density at radius 3 is 2.88 bits per heavy atom. The molecule has 0 amide bonds. The molecule has 0 aliphatic carbocycles. The largest absolute Gasteiger partial charge is 0.460 e. The zero-order valence-corrected chi connectivity index (χ0v) is 10.1. The molecule has 0 bridgehead atoms. The van der Waals surface area contributed by atoms with Gasteiger partial charge in [0.25, 0.3) is 0 Å². The molecule has 1 heterocycles. The van der Waals surface area contributed by atoms with Crippen molar-refractivity contribution in [3.8, 4) is 0 Å². The van der Waals surface area contributed by atoms with Crippen LogP contribution in [0, 0.1) is 5.92 Å². The quantitative estimate of drug-likeness (QED) is 0.663. The Kier molecular flexibility index (Phi) is 5.68. The molecule has 0 aliphatic rings. The molecular weight excluding hydrogens is 204 g/mol. The van der Waals surface area contributed by atoms with Crippen LogP contribution in [0.5, 0.6) is 0 Å². The number of furan rings is 1. The first-order valence-corrected chi connectivity index (χ1v) is 5.98. The summed E-state index contributed by atoms with van der Waals surface area (Å²) < 4.78 is 10.2. The molecule has 16 heavy (non-hydrogen) atoms. The topological polar surface area (TPSA) is 39.4 Å². The van der Waals surface area contributed by atoms with Crippen molar-refractivity contribution in [1.29, 1.82) is 0 Å². The van der Waals surface area contributed by atoms with Crippen molar-refractivity contribution in [1.82, 2.24) is 0 Å². The summed E-state index contributed by atoms with van der Waals surface area (Å²) >= 11 is 0. The van der Waals surface area contributed by atoms with E-state index in [9.17, 15) is 4.79 Å². The smallest absolute Gasteiger partial charge is 0.374 e. The lowest BCUT2D eigenvalue weighted by Gasteiger charge is -2.13. The molecule has 0 N–H and O–H groups in total. The summed E-state index contributed by atoms with van der Waals surface area (Å²) in [6, 6.07) is 3.31. The Hall–Kier alpha value is -1.25. The molecule has 0 saturated carbocycles. The van der Waals surface area contributed by atoms with Crippen LogP contribution in [0.2, 0.25) is 0 Å². The minimum Gasteiger partial charge on any atom is -0.460 e. The molecule has 3 nitrogen and oxygen atoms in total. The number of hydrogen-bond acceptors (Lipinski definition) is 3. The van der Waals surface area contributed by atoms with Gasteiger partial charge in [-0.2, -0.15) is 0 Å². The Morgan fingerprint density at radius 1 is 1.50 bits per heavy atom. The molecule has 1 aromatic rings. The van der Waals surface area contributed by atoms with E-state index in [2.05, 4.69) is 13.8 Å². The first-order valence-electron chi connectivity index (χ1n) is 5.98. The minimum atomic E-state index is -0.361. The van der Waals surface area contributed by atoms with E-state index in [1.165, 1.54) is 19.1 Å². The van der Waals surface area contributed by atoms with Gasteiger partial charge >= 0.3 is 5.97 Å². The van der Waals surface area contributed by atoms with Crippen molar-refractivity contribution in [2.75, 3.05) is 6.61 Å². The number of unbranched alkanes of at least 4 members (excludes halogenated alkanes) is 1. The van der Waals surface area contributed by atoms with Crippen molar-refractivity contribution in [2.45, 2.75) is 39.5 Å². The maximum Gasteiger partial charge on any atom is 0.374 e. The average Bonchev–Trinajstić information content (AvgIpc) is 2.82. The van der Waals surface area contributed by atoms with E-state index < -0.39 is 0 Å². The molecular formula is C13H20O3. The highest BCUT2D eigenvalue weighted by molar-refractivity contribution is 5.86. The standard InChI is InChI=1S/C13H20O3/c1-3-5-7-11(4-2)10-16-13(14)12-8-6-9-15-12/h6,8-9,11H,3-5,7,10H2,1-2H3. The van der Waals surface area contributed by atoms with Gasteiger partial charge in [-0.25, -0.2) is 4.79 Å². The molecule has 0 fully saturated rings. The zero-order valence-electron chi connectivity index (χ0n) is 10.1. The molecule has 0 aromatic carbocycles. The second kappa shape index (κ2) is 7.09. The molecule has 0 saturated heterocycles. The van der Waals surface area contributed by atoms with Crippen LogP contribution < -0.4 is 0 Å². The molecule has 90 valence electrons. The molecule has 0 spiro atoms. The van der Waals surface area contributed by atoms with Gasteiger partial charge in [-0.15, -0.1) is 0 Å². The van der Waals surface area contributed by atoms with Gasteiger partial charge in [0.1, 0.15) is 0 Å². The number of esters is 1. The molecule has 1 unspecified atom stereocenters. The van der Waals surface area contributed by atoms with Gasteiger partial charge in [-0.3, -0.25) is 0 Å². The highest BCUT2D eigenvalue weighted by Gasteiger charge is 2.13. The van der Waals surface area contributed by atoms with Gasteiger partial charge in [0.2, 0.25) is 5.76 Å². The lowest BCUT2D eigenvalue weighted by Crippen LogP contribution is -2.13. The van der Waals surface area contributed by atoms with Crippen LogP contribution in [0.3, 0.4) is 0 Å². The lowest BCUT2D eigenvalue weighted by atomic mass is 10.0. The summed E-state index contributed by atoms with van der Waals surface area (Å²) in [7, 11) is 0. The third-order valence-electron chi connectivity index (χ3n) is 2.72. The molecule has 1 aromatic heterocycles. The summed E-state index contributed by atoms with van der Waals surface area (Å²) in [4.78, 5) is 11.5. The first kappa shape index (κ1) is 12.8. The Bertz CT molecular complexity index is 290. The van der Waals surface area contributed by atoms with E-state index >= 15 is 0 Å². The third-order valence-corrected chi connectivity index (χ3v) is 2.72. The van der Waals surface area contributed by atoms with Gasteiger partial charge in [0.05, 0.1) is 12.9 Å². The van der Waals surface area contributed by atoms with Crippen LogP contribution in [0.1, 0.15) is 50.1 Å². The Labute approximate surface area is 96.8 Å². The van der Waals surface area contributed by atoms with Gasteiger partial charge in [-0.1, -0.05) is 33.1 Å². The molecule has 0 radical (unpaired) electrons. The Morgan fingerprint density at radius 2 is 2.31 bits per heavy atom. The van der Waals surface area contributed by atoms with Crippen LogP contribution in [0.25, 0.3) is 0 Å². The van der Waals surface area contributed by atoms with Crippen LogP contribution in [0.15, 0.2) is 22.8 Å². The average molecular weight is 224 g/mol. The summed E-state index contributed by atoms with van der Waals surface area (Å²) in [5.41, 5.74) is 0. The zero-order chi connectivity index (χ0) is 11.8. The first-order chi connectivity index (χ1) is 7.77. The fourth-order valence-electron chi connectivity index (χ4n) is 1.56. The third kappa shape index (κ3) is 4.09. The predicted molar refractivity (Wildman–Crippen MR) is 62.3 cm³/mol. The summed E-state index contributed by atoms with van der Waals surface area (Å²) in [6.07, 6.45) is 6.02. The molecule has 3 heteroatoms. The van der Waals surface area contributed by atoms with Crippen molar-refractivity contribution >= 4 is 5.97 Å². The second-order valence-corrected chi connectivity index (χ2v) is 3.99. The maximum atomic E-state index is 11.5. The van der Waals surface area contributed by atoms with E-state index in [-0.39, 0.29) is 11.7 Å². The van der Waals surface area contributed by atoms with Gasteiger partial charge in [0.15, 0.2) is 0 Å². The van der Waals surface area contributed by atoms with Gasteiger partial charge in [-0.05, 0) is 24.5 Å². The van der Waals surface area contributed by atoms with Crippen LogP contribution >= 0.6 is 0 Å². The molecule has 1 atom stereocenters. The van der Waals surface area contributed by atoms with Gasteiger partial charge < -0.3 is 9.15 Å². The van der Waals surface area contributed by atoms with Crippen molar-refractivity contribution < 1.29 is 13.9 Å². The number of carbonyl (C=O) groups is 1. The number of carbonyl (C=O) groups excluding carboxylic acids is 1. The van der Waals surface area contributed by atoms with Crippen molar-refractivity contribution in [3.05, 3.63) is 24.2 Å². The minimum absolute atomic E-state index is 0.283. The SMILES string of the molecule is CCCCC(CC)COC(=O)c1ccco1. The van der Waals surface area contributed by atoms with E-state index in [1.807, 2.05) is 0 Å². The highest BCUT2D eigenvalue weighted by Crippen LogP contribution is 2.14. The van der Waals surface area contributed by atoms with Crippen LogP contribution in [-0.2, 0) is 4.74 Å². The molecule has 0 aliphatic heterocycles. The van der Waals surface area contributed by atoms with Crippen molar-refractivity contribution in [2.24, 2.45) is 5.92 Å². The fourth-order valence-corrected chi connectivity index (χ4v) is 1.56. The molecule has 1 rings (SSSR count). The fraction of sp³-hybridized carbons (Fsp3) is 0.615. The number of hydrogen-bond donors (Lipinski definition) is 0. The second-order valence-electron chi connectivity index (χ2n) is 3.99. The lowest BCUT2D eigenvalue weighted by molar-refractivity contribution is 0.0392. The normalized spacial score (nSPS) is 12.4. The summed E-state index contributed by atoms with van der Waals surface area (Å²) in [5.74, 6) is 0.393. The maximum absolute atomic E-state index is 11.5. The van der Waals surface area contributed by atoms with Crippen LogP contribution in [-0.4, -0.2) is 12.6 Å². The summed E-state index contributed by atoms with van der Waals surface area (Å²) in [5, 5.41) is 0. The van der Waals surface area contributed by atoms with E-state index in [0.29, 0.717) is 12.5 Å². The monoisotopic (exact) mass is 224 g/mol. The van der Waals surface area contributed by atoms with Crippen LogP contribution in [0.4, 0.5) is 0 Å². The summed E-state index contributed by atoms with van der Waals surface area (Å²) in [6.45, 7) is 4.79. The number of rotatable bonds is 7.